The van der Waals surface area contributed by atoms with Gasteiger partial charge < -0.3 is 24.8 Å². The number of methoxy groups -OCH3 is 2. The van der Waals surface area contributed by atoms with Crippen molar-refractivity contribution in [2.75, 3.05) is 40.5 Å². The highest BCUT2D eigenvalue weighted by molar-refractivity contribution is 6.39. The number of carbonyl (C=O) groups is 2. The van der Waals surface area contributed by atoms with Crippen molar-refractivity contribution in [1.29, 1.82) is 0 Å². The van der Waals surface area contributed by atoms with Crippen LogP contribution in [0.1, 0.15) is 66.9 Å². The molecule has 0 aromatic heterocycles. The van der Waals surface area contributed by atoms with E-state index in [-0.39, 0.29) is 35.9 Å². The molecule has 0 radical (unpaired) electrons. The molecule has 4 aromatic carbocycles. The highest BCUT2D eigenvalue weighted by Crippen LogP contribution is 2.49. The van der Waals surface area contributed by atoms with Gasteiger partial charge >= 0.3 is 5.97 Å². The summed E-state index contributed by atoms with van der Waals surface area (Å²) >= 11 is 14.6. The third-order valence-electron chi connectivity index (χ3n) is 11.5. The molecule has 53 heavy (non-hydrogen) atoms. The maximum atomic E-state index is 12.3. The number of amides is 1. The van der Waals surface area contributed by atoms with Crippen LogP contribution in [0.15, 0.2) is 60.7 Å². The molecule has 0 spiro atoms. The zero-order valence-electron chi connectivity index (χ0n) is 30.4. The summed E-state index contributed by atoms with van der Waals surface area (Å²) in [6, 6.07) is 21.4. The summed E-state index contributed by atoms with van der Waals surface area (Å²) in [5.41, 5.74) is 10.4. The number of likely N-dealkylation sites (tertiary alicyclic amines) is 1. The van der Waals surface area contributed by atoms with Crippen LogP contribution < -0.4 is 20.1 Å². The normalized spacial score (nSPS) is 20.8. The van der Waals surface area contributed by atoms with Gasteiger partial charge in [-0.25, -0.2) is 0 Å². The quantitative estimate of drug-likeness (QED) is 0.149. The van der Waals surface area contributed by atoms with Crippen LogP contribution in [0.5, 0.6) is 11.5 Å². The molecule has 2 aliphatic carbocycles. The third-order valence-corrected chi connectivity index (χ3v) is 12.4. The molecule has 0 bridgehead atoms. The van der Waals surface area contributed by atoms with E-state index in [9.17, 15) is 9.59 Å². The first-order chi connectivity index (χ1) is 25.8. The fourth-order valence-corrected chi connectivity index (χ4v) is 9.55. The number of nitrogens with one attached hydrogen (secondary N) is 2. The number of fused-ring (bicyclic) bond motifs is 2. The van der Waals surface area contributed by atoms with Crippen LogP contribution in [-0.2, 0) is 27.2 Å². The van der Waals surface area contributed by atoms with E-state index in [1.807, 2.05) is 43.3 Å². The third kappa shape index (κ3) is 6.69. The molecule has 2 N–H and O–H groups in total. The Bertz CT molecular complexity index is 2080. The summed E-state index contributed by atoms with van der Waals surface area (Å²) in [7, 11) is 3.44. The van der Waals surface area contributed by atoms with E-state index in [4.69, 9.17) is 37.4 Å². The summed E-state index contributed by atoms with van der Waals surface area (Å²) in [4.78, 5) is 26.3. The lowest BCUT2D eigenvalue weighted by Crippen LogP contribution is -2.51. The van der Waals surface area contributed by atoms with Crippen molar-refractivity contribution < 1.29 is 23.8 Å². The molecule has 2 heterocycles. The van der Waals surface area contributed by atoms with Crippen molar-refractivity contribution in [3.63, 3.8) is 0 Å². The molecule has 1 unspecified atom stereocenters. The van der Waals surface area contributed by atoms with Gasteiger partial charge in [0.2, 0.25) is 5.91 Å². The van der Waals surface area contributed by atoms with E-state index >= 15 is 0 Å². The lowest BCUT2D eigenvalue weighted by atomic mass is 9.92. The molecular formula is C43H45Cl2N3O5. The lowest BCUT2D eigenvalue weighted by molar-refractivity contribution is -0.155. The highest BCUT2D eigenvalue weighted by atomic mass is 35.5. The predicted molar refractivity (Wildman–Crippen MR) is 209 cm³/mol. The molecule has 2 aliphatic heterocycles. The Hall–Kier alpha value is -4.08. The average Bonchev–Trinajstić information content (AvgIpc) is 3.88. The number of benzene rings is 4. The van der Waals surface area contributed by atoms with Gasteiger partial charge in [0.25, 0.3) is 0 Å². The first-order valence-electron chi connectivity index (χ1n) is 18.7. The minimum Gasteiger partial charge on any atom is -0.496 e. The van der Waals surface area contributed by atoms with Gasteiger partial charge in [-0.1, -0.05) is 71.7 Å². The van der Waals surface area contributed by atoms with Gasteiger partial charge in [0.1, 0.15) is 11.5 Å². The molecule has 3 atom stereocenters. The van der Waals surface area contributed by atoms with Crippen molar-refractivity contribution in [3.05, 3.63) is 93.0 Å². The number of ether oxygens (including phenoxy) is 3. The standard InChI is InChI=1S/C43H45Cl2N3O5/c1-4-53-43(50)28-22-48(23-28)35-15-12-25-18-27(20-37(52-3)40(25)35)31-8-6-10-33(42(31)45)32-9-5-7-30(41(32)44)26-17-24-11-14-34(39(24)36(19-26)51-2)46-21-29-13-16-38(49)47-29/h5-10,17-20,28-29,34-35,46H,4,11-16,21-23H2,1-3H3,(H,47,49)/t29-,34?,35-/m0/s1. The number of halogens is 2. The molecule has 276 valence electrons. The van der Waals surface area contributed by atoms with Crippen molar-refractivity contribution in [1.82, 2.24) is 15.5 Å². The van der Waals surface area contributed by atoms with Crippen LogP contribution in [0.3, 0.4) is 0 Å². The number of hydrogen-bond acceptors (Lipinski definition) is 7. The number of carbonyl (C=O) groups excluding carboxylic acids is 2. The van der Waals surface area contributed by atoms with E-state index < -0.39 is 0 Å². The van der Waals surface area contributed by atoms with Gasteiger partial charge in [0, 0.05) is 77.6 Å². The van der Waals surface area contributed by atoms with Crippen molar-refractivity contribution in [2.24, 2.45) is 5.92 Å². The number of aryl methyl sites for hydroxylation is 2. The topological polar surface area (TPSA) is 89.1 Å². The second kappa shape index (κ2) is 15.0. The van der Waals surface area contributed by atoms with Gasteiger partial charge in [-0.15, -0.1) is 0 Å². The molecular weight excluding hydrogens is 709 g/mol. The Morgan fingerprint density at radius 3 is 1.98 bits per heavy atom. The van der Waals surface area contributed by atoms with Crippen molar-refractivity contribution >= 4 is 35.1 Å². The molecule has 2 fully saturated rings. The Morgan fingerprint density at radius 2 is 1.40 bits per heavy atom. The minimum absolute atomic E-state index is 0.0608. The molecule has 0 saturated carbocycles. The second-order valence-electron chi connectivity index (χ2n) is 14.6. The van der Waals surface area contributed by atoms with Gasteiger partial charge in [0.05, 0.1) is 36.8 Å². The Labute approximate surface area is 321 Å². The summed E-state index contributed by atoms with van der Waals surface area (Å²) in [6.45, 7) is 4.42. The number of esters is 1. The monoisotopic (exact) mass is 753 g/mol. The number of rotatable bonds is 11. The highest BCUT2D eigenvalue weighted by Gasteiger charge is 2.41. The van der Waals surface area contributed by atoms with Gasteiger partial charge in [-0.3, -0.25) is 14.5 Å². The number of hydrogen-bond donors (Lipinski definition) is 2. The Kier molecular flexibility index (Phi) is 10.2. The maximum absolute atomic E-state index is 12.3. The smallest absolute Gasteiger partial charge is 0.311 e. The van der Waals surface area contributed by atoms with Crippen LogP contribution >= 0.6 is 23.2 Å². The lowest BCUT2D eigenvalue weighted by Gasteiger charge is -2.42. The SMILES string of the molecule is CCOC(=O)C1CN([C@H]2CCc3cc(-c4cccc(-c5cccc(-c6cc7c(c(OC)c6)C(NC[C@@H]6CCC(=O)N6)CC7)c5Cl)c4Cl)cc(OC)c32)C1. The number of nitrogens with zero attached hydrogens (tertiary/aromatic N) is 1. The predicted octanol–water partition coefficient (Wildman–Crippen LogP) is 8.35. The maximum Gasteiger partial charge on any atom is 0.311 e. The van der Waals surface area contributed by atoms with Gasteiger partial charge in [-0.05, 0) is 73.4 Å². The zero-order chi connectivity index (χ0) is 36.8. The molecule has 2 saturated heterocycles. The molecule has 8 rings (SSSR count). The molecule has 10 heteroatoms. The molecule has 4 aliphatic rings. The molecule has 4 aromatic rings. The fraction of sp³-hybridized carbons (Fsp3) is 0.395. The van der Waals surface area contributed by atoms with Crippen molar-refractivity contribution in [3.8, 4) is 44.9 Å². The summed E-state index contributed by atoms with van der Waals surface area (Å²) in [5, 5.41) is 8.00. The van der Waals surface area contributed by atoms with E-state index in [2.05, 4.69) is 39.8 Å². The summed E-state index contributed by atoms with van der Waals surface area (Å²) in [6.07, 6.45) is 5.26. The van der Waals surface area contributed by atoms with Crippen LogP contribution in [-0.4, -0.2) is 63.3 Å². The summed E-state index contributed by atoms with van der Waals surface area (Å²) < 4.78 is 17.2. The van der Waals surface area contributed by atoms with E-state index in [1.54, 1.807) is 14.2 Å². The first-order valence-corrected chi connectivity index (χ1v) is 19.5. The first kappa shape index (κ1) is 35.9. The minimum atomic E-state index is -0.105. The van der Waals surface area contributed by atoms with Crippen LogP contribution in [0.2, 0.25) is 10.0 Å². The molecule has 1 amide bonds. The van der Waals surface area contributed by atoms with Crippen LogP contribution in [0.4, 0.5) is 0 Å². The Morgan fingerprint density at radius 1 is 0.811 bits per heavy atom. The largest absolute Gasteiger partial charge is 0.496 e. The second-order valence-corrected chi connectivity index (χ2v) is 15.4. The van der Waals surface area contributed by atoms with Crippen LogP contribution in [0, 0.1) is 5.92 Å². The average molecular weight is 755 g/mol. The summed E-state index contributed by atoms with van der Waals surface area (Å²) in [5.74, 6) is 1.64. The van der Waals surface area contributed by atoms with E-state index in [1.165, 1.54) is 22.3 Å². The fourth-order valence-electron chi connectivity index (χ4n) is 8.87. The Balaban J connectivity index is 1.06. The van der Waals surface area contributed by atoms with Gasteiger partial charge in [-0.2, -0.15) is 0 Å². The van der Waals surface area contributed by atoms with Crippen LogP contribution in [0.25, 0.3) is 33.4 Å². The molecule has 8 nitrogen and oxygen atoms in total. The van der Waals surface area contributed by atoms with Gasteiger partial charge in [0.15, 0.2) is 0 Å². The van der Waals surface area contributed by atoms with E-state index in [0.717, 1.165) is 83.5 Å². The van der Waals surface area contributed by atoms with Crippen molar-refractivity contribution in [2.45, 2.75) is 63.6 Å². The zero-order valence-corrected chi connectivity index (χ0v) is 31.9. The van der Waals surface area contributed by atoms with E-state index in [0.29, 0.717) is 36.2 Å².